The van der Waals surface area contributed by atoms with Crippen LogP contribution in [-0.4, -0.2) is 23.6 Å². The average molecular weight is 551 g/mol. The molecule has 0 bridgehead atoms. The highest BCUT2D eigenvalue weighted by molar-refractivity contribution is 6.23. The van der Waals surface area contributed by atoms with Crippen LogP contribution in [0, 0.1) is 0 Å². The second kappa shape index (κ2) is 9.87. The van der Waals surface area contributed by atoms with E-state index in [0.29, 0.717) is 22.5 Å². The third-order valence-corrected chi connectivity index (χ3v) is 7.35. The van der Waals surface area contributed by atoms with Crippen LogP contribution in [-0.2, 0) is 0 Å². The zero-order chi connectivity index (χ0) is 28.8. The lowest BCUT2D eigenvalue weighted by Crippen LogP contribution is -2.20. The van der Waals surface area contributed by atoms with Crippen molar-refractivity contribution in [3.63, 3.8) is 0 Å². The number of rotatable bonds is 6. The molecule has 8 nitrogen and oxygen atoms in total. The Hall–Kier alpha value is -6.02. The minimum Gasteiger partial charge on any atom is -0.311 e. The van der Waals surface area contributed by atoms with Gasteiger partial charge in [0.05, 0.1) is 22.3 Å². The molecule has 0 atom stereocenters. The molecule has 0 aliphatic carbocycles. The van der Waals surface area contributed by atoms with E-state index in [1.165, 1.54) is 0 Å². The number of para-hydroxylation sites is 2. The van der Waals surface area contributed by atoms with Crippen LogP contribution in [0.15, 0.2) is 121 Å². The van der Waals surface area contributed by atoms with Gasteiger partial charge in [-0.25, -0.2) is 0 Å². The Labute approximate surface area is 240 Å². The number of imide groups is 2. The van der Waals surface area contributed by atoms with Crippen molar-refractivity contribution in [2.45, 2.75) is 0 Å². The third kappa shape index (κ3) is 4.18. The highest BCUT2D eigenvalue weighted by atomic mass is 16.2. The molecule has 202 valence electrons. The summed E-state index contributed by atoms with van der Waals surface area (Å²) < 4.78 is 0. The molecule has 4 amide bonds. The number of carbonyl (C=O) groups excluding carboxylic acids is 4. The first-order chi connectivity index (χ1) is 20.5. The molecule has 0 unspecified atom stereocenters. The summed E-state index contributed by atoms with van der Waals surface area (Å²) in [5.74, 6) is -1.81. The number of anilines is 6. The fourth-order valence-electron chi connectivity index (χ4n) is 5.39. The van der Waals surface area contributed by atoms with Crippen molar-refractivity contribution in [2.75, 3.05) is 9.80 Å². The molecule has 0 radical (unpaired) electrons. The van der Waals surface area contributed by atoms with Gasteiger partial charge >= 0.3 is 0 Å². The van der Waals surface area contributed by atoms with E-state index in [4.69, 9.17) is 0 Å². The maximum absolute atomic E-state index is 12.5. The fourth-order valence-corrected chi connectivity index (χ4v) is 5.39. The van der Waals surface area contributed by atoms with E-state index < -0.39 is 23.6 Å². The molecule has 0 aromatic heterocycles. The lowest BCUT2D eigenvalue weighted by Gasteiger charge is -2.28. The van der Waals surface area contributed by atoms with Crippen LogP contribution in [0.2, 0.25) is 0 Å². The Morgan fingerprint density at radius 3 is 1.05 bits per heavy atom. The van der Waals surface area contributed by atoms with Crippen molar-refractivity contribution in [1.82, 2.24) is 10.6 Å². The van der Waals surface area contributed by atoms with Crippen LogP contribution in [0.4, 0.5) is 34.1 Å². The van der Waals surface area contributed by atoms with Crippen molar-refractivity contribution < 1.29 is 19.2 Å². The lowest BCUT2D eigenvalue weighted by molar-refractivity contribution is 0.0863. The summed E-state index contributed by atoms with van der Waals surface area (Å²) in [6.45, 7) is 0. The molecule has 8 heteroatoms. The molecule has 0 fully saturated rings. The summed E-state index contributed by atoms with van der Waals surface area (Å²) in [4.78, 5) is 53.4. The fraction of sp³-hybridized carbons (Fsp3) is 0. The van der Waals surface area contributed by atoms with Gasteiger partial charge in [0.1, 0.15) is 0 Å². The van der Waals surface area contributed by atoms with E-state index in [1.807, 2.05) is 89.8 Å². The molecule has 2 N–H and O–H groups in total. The summed E-state index contributed by atoms with van der Waals surface area (Å²) in [7, 11) is 0. The molecule has 0 saturated heterocycles. The first-order valence-electron chi connectivity index (χ1n) is 13.3. The first-order valence-corrected chi connectivity index (χ1v) is 13.3. The average Bonchev–Trinajstić information content (AvgIpc) is 3.47. The van der Waals surface area contributed by atoms with E-state index in [-0.39, 0.29) is 11.1 Å². The van der Waals surface area contributed by atoms with E-state index in [9.17, 15) is 19.2 Å². The molecular weight excluding hydrogens is 528 g/mol. The van der Waals surface area contributed by atoms with Crippen molar-refractivity contribution in [2.24, 2.45) is 0 Å². The number of nitrogens with zero attached hydrogens (tertiary/aromatic N) is 2. The number of nitrogens with one attached hydrogen (secondary N) is 2. The van der Waals surface area contributed by atoms with Crippen molar-refractivity contribution in [3.05, 3.63) is 144 Å². The number of hydrogen-bond acceptors (Lipinski definition) is 6. The van der Waals surface area contributed by atoms with Crippen LogP contribution < -0.4 is 20.4 Å². The molecule has 2 aliphatic heterocycles. The summed E-state index contributed by atoms with van der Waals surface area (Å²) in [6, 6.07) is 38.0. The third-order valence-electron chi connectivity index (χ3n) is 7.35. The van der Waals surface area contributed by atoms with Gasteiger partial charge in [0.15, 0.2) is 0 Å². The Kier molecular flexibility index (Phi) is 5.87. The summed E-state index contributed by atoms with van der Waals surface area (Å²) in [5.41, 5.74) is 6.04. The van der Waals surface area contributed by atoms with Gasteiger partial charge in [-0.05, 0) is 84.9 Å². The molecule has 5 aromatic rings. The molecule has 2 aliphatic rings. The van der Waals surface area contributed by atoms with Gasteiger partial charge < -0.3 is 9.80 Å². The van der Waals surface area contributed by atoms with E-state index in [0.717, 1.165) is 22.7 Å². The van der Waals surface area contributed by atoms with Crippen LogP contribution in [0.5, 0.6) is 0 Å². The van der Waals surface area contributed by atoms with Gasteiger partial charge in [0, 0.05) is 34.1 Å². The second-order valence-corrected chi connectivity index (χ2v) is 9.88. The highest BCUT2D eigenvalue weighted by Gasteiger charge is 2.30. The zero-order valence-electron chi connectivity index (χ0n) is 22.1. The SMILES string of the molecule is O=C1NC(=O)c2cc(N(c3ccc(N(c4ccccc4)c4ccccc4)cc3)c3ccc4c(c3)C(=O)NC4=O)ccc21. The predicted octanol–water partition coefficient (Wildman–Crippen LogP) is 6.39. The second-order valence-electron chi connectivity index (χ2n) is 9.88. The lowest BCUT2D eigenvalue weighted by atomic mass is 10.0. The number of fused-ring (bicyclic) bond motifs is 2. The summed E-state index contributed by atoms with van der Waals surface area (Å²) in [6.07, 6.45) is 0. The maximum atomic E-state index is 12.5. The Morgan fingerprint density at radius 1 is 0.333 bits per heavy atom. The smallest absolute Gasteiger partial charge is 0.259 e. The van der Waals surface area contributed by atoms with Gasteiger partial charge in [-0.2, -0.15) is 0 Å². The maximum Gasteiger partial charge on any atom is 0.259 e. The van der Waals surface area contributed by atoms with Crippen molar-refractivity contribution in [3.8, 4) is 0 Å². The van der Waals surface area contributed by atoms with Crippen LogP contribution in [0.1, 0.15) is 41.4 Å². The minimum absolute atomic E-state index is 0.271. The zero-order valence-corrected chi connectivity index (χ0v) is 22.1. The van der Waals surface area contributed by atoms with Crippen molar-refractivity contribution in [1.29, 1.82) is 0 Å². The molecule has 5 aromatic carbocycles. The number of carbonyl (C=O) groups is 4. The Morgan fingerprint density at radius 2 is 0.643 bits per heavy atom. The largest absolute Gasteiger partial charge is 0.311 e. The van der Waals surface area contributed by atoms with Crippen LogP contribution >= 0.6 is 0 Å². The standard InChI is InChI=1S/C34H22N4O4/c39-31-27-17-15-25(19-29(27)33(41)35-31)38(26-16-18-28-30(20-26)34(42)36-32(28)40)24-13-11-23(12-14-24)37(21-7-3-1-4-8-21)22-9-5-2-6-10-22/h1-20H,(H,35,39,41)(H,36,40,42). The van der Waals surface area contributed by atoms with Gasteiger partial charge in [0.2, 0.25) is 0 Å². The number of benzene rings is 5. The summed E-state index contributed by atoms with van der Waals surface area (Å²) in [5, 5.41) is 4.66. The van der Waals surface area contributed by atoms with Gasteiger partial charge in [0.25, 0.3) is 23.6 Å². The highest BCUT2D eigenvalue weighted by Crippen LogP contribution is 2.40. The molecule has 0 spiro atoms. The molecular formula is C34H22N4O4. The quantitative estimate of drug-likeness (QED) is 0.238. The topological polar surface area (TPSA) is 98.8 Å². The normalized spacial score (nSPS) is 13.3. The Bertz CT molecular complexity index is 1790. The molecule has 7 rings (SSSR count). The predicted molar refractivity (Wildman–Crippen MR) is 159 cm³/mol. The van der Waals surface area contributed by atoms with Crippen LogP contribution in [0.3, 0.4) is 0 Å². The van der Waals surface area contributed by atoms with E-state index in [1.54, 1.807) is 36.4 Å². The van der Waals surface area contributed by atoms with Gasteiger partial charge in [-0.15, -0.1) is 0 Å². The van der Waals surface area contributed by atoms with Gasteiger partial charge in [-0.3, -0.25) is 29.8 Å². The minimum atomic E-state index is -0.465. The number of hydrogen-bond donors (Lipinski definition) is 2. The number of amides is 4. The Balaban J connectivity index is 1.35. The molecule has 2 heterocycles. The first kappa shape index (κ1) is 25.0. The van der Waals surface area contributed by atoms with E-state index >= 15 is 0 Å². The molecule has 42 heavy (non-hydrogen) atoms. The monoisotopic (exact) mass is 550 g/mol. The van der Waals surface area contributed by atoms with E-state index in [2.05, 4.69) is 15.5 Å². The van der Waals surface area contributed by atoms with Crippen LogP contribution in [0.25, 0.3) is 0 Å². The molecule has 0 saturated carbocycles. The summed E-state index contributed by atoms with van der Waals surface area (Å²) >= 11 is 0. The van der Waals surface area contributed by atoms with Gasteiger partial charge in [-0.1, -0.05) is 36.4 Å². The van der Waals surface area contributed by atoms with Crippen molar-refractivity contribution >= 4 is 57.8 Å².